The van der Waals surface area contributed by atoms with Gasteiger partial charge in [0.25, 0.3) is 0 Å². The molecule has 38 heavy (non-hydrogen) atoms. The van der Waals surface area contributed by atoms with E-state index in [-0.39, 0.29) is 11.3 Å². The molecule has 0 aliphatic rings. The number of esters is 1. The predicted octanol–water partition coefficient (Wildman–Crippen LogP) is 5.51. The summed E-state index contributed by atoms with van der Waals surface area (Å²) in [6.45, 7) is 2.78. The monoisotopic (exact) mass is 534 g/mol. The maximum absolute atomic E-state index is 12.4. The van der Waals surface area contributed by atoms with E-state index in [0.29, 0.717) is 24.7 Å². The molecule has 1 heterocycles. The number of rotatable bonds is 11. The van der Waals surface area contributed by atoms with E-state index >= 15 is 0 Å². The van der Waals surface area contributed by atoms with Gasteiger partial charge in [-0.25, -0.2) is 9.59 Å². The second-order valence-electron chi connectivity index (χ2n) is 8.73. The summed E-state index contributed by atoms with van der Waals surface area (Å²) < 4.78 is 18.6. The van der Waals surface area contributed by atoms with Crippen LogP contribution in [-0.4, -0.2) is 36.4 Å². The number of methoxy groups -OCH3 is 1. The van der Waals surface area contributed by atoms with Gasteiger partial charge in [0.15, 0.2) is 0 Å². The maximum atomic E-state index is 12.4. The zero-order valence-electron chi connectivity index (χ0n) is 21.3. The highest BCUT2D eigenvalue weighted by Gasteiger charge is 2.22. The zero-order valence-corrected chi connectivity index (χ0v) is 22.2. The standard InChI is InChI=1S/C29H30N2O6S/c1-3-4-17-36-28(33)30-24(27(32)35-2)18-20-9-13-22(14-10-20)37-23-15-11-21(12-16-23)19-31-25-7-5-6-8-26(25)38-29(31)34/h5-16,24H,3-4,17-19H2,1-2H3,(H,30,33). The molecule has 8 nitrogen and oxygen atoms in total. The van der Waals surface area contributed by atoms with Crippen LogP contribution in [0.5, 0.6) is 11.5 Å². The summed E-state index contributed by atoms with van der Waals surface area (Å²) >= 11 is 1.25. The largest absolute Gasteiger partial charge is 0.467 e. The first-order valence-electron chi connectivity index (χ1n) is 12.4. The minimum atomic E-state index is -0.860. The van der Waals surface area contributed by atoms with Gasteiger partial charge in [-0.1, -0.05) is 61.1 Å². The topological polar surface area (TPSA) is 95.9 Å². The predicted molar refractivity (Wildman–Crippen MR) is 147 cm³/mol. The van der Waals surface area contributed by atoms with Gasteiger partial charge in [-0.2, -0.15) is 0 Å². The summed E-state index contributed by atoms with van der Waals surface area (Å²) in [4.78, 5) is 36.6. The van der Waals surface area contributed by atoms with E-state index in [2.05, 4.69) is 5.32 Å². The molecule has 0 saturated heterocycles. The first kappa shape index (κ1) is 26.9. The molecule has 4 rings (SSSR count). The van der Waals surface area contributed by atoms with Crippen molar-refractivity contribution >= 4 is 33.6 Å². The third-order valence-electron chi connectivity index (χ3n) is 5.95. The van der Waals surface area contributed by atoms with E-state index in [1.807, 2.05) is 67.6 Å². The Kier molecular flexibility index (Phi) is 9.16. The minimum absolute atomic E-state index is 0.0182. The lowest BCUT2D eigenvalue weighted by Gasteiger charge is -2.17. The van der Waals surface area contributed by atoms with Gasteiger partial charge in [-0.15, -0.1) is 0 Å². The molecule has 0 radical (unpaired) electrons. The molecule has 1 aromatic heterocycles. The fraction of sp³-hybridized carbons (Fsp3) is 0.276. The number of benzene rings is 3. The number of amides is 1. The van der Waals surface area contributed by atoms with Crippen molar-refractivity contribution in [2.24, 2.45) is 0 Å². The molecule has 198 valence electrons. The first-order chi connectivity index (χ1) is 18.5. The quantitative estimate of drug-likeness (QED) is 0.201. The smallest absolute Gasteiger partial charge is 0.407 e. The van der Waals surface area contributed by atoms with E-state index in [1.54, 1.807) is 16.7 Å². The Morgan fingerprint density at radius 3 is 2.26 bits per heavy atom. The molecule has 3 aromatic carbocycles. The number of ether oxygens (including phenoxy) is 3. The first-order valence-corrected chi connectivity index (χ1v) is 13.2. The van der Waals surface area contributed by atoms with E-state index in [4.69, 9.17) is 14.2 Å². The molecule has 0 fully saturated rings. The lowest BCUT2D eigenvalue weighted by atomic mass is 10.1. The van der Waals surface area contributed by atoms with Crippen LogP contribution in [0.2, 0.25) is 0 Å². The van der Waals surface area contributed by atoms with Crippen LogP contribution in [0.4, 0.5) is 4.79 Å². The number of hydrogen-bond donors (Lipinski definition) is 1. The van der Waals surface area contributed by atoms with Crippen LogP contribution in [0.25, 0.3) is 10.2 Å². The molecule has 1 unspecified atom stereocenters. The number of para-hydroxylation sites is 1. The summed E-state index contributed by atoms with van der Waals surface area (Å²) in [6.07, 6.45) is 1.27. The second-order valence-corrected chi connectivity index (χ2v) is 9.72. The number of alkyl carbamates (subject to hydrolysis) is 1. The van der Waals surface area contributed by atoms with Crippen molar-refractivity contribution in [2.75, 3.05) is 13.7 Å². The van der Waals surface area contributed by atoms with Crippen LogP contribution in [0.15, 0.2) is 77.6 Å². The van der Waals surface area contributed by atoms with Gasteiger partial charge in [0, 0.05) is 6.42 Å². The van der Waals surface area contributed by atoms with Gasteiger partial charge in [0.05, 0.1) is 30.5 Å². The molecule has 0 aliphatic carbocycles. The minimum Gasteiger partial charge on any atom is -0.467 e. The molecule has 1 atom stereocenters. The van der Waals surface area contributed by atoms with Crippen molar-refractivity contribution in [1.82, 2.24) is 9.88 Å². The fourth-order valence-corrected chi connectivity index (χ4v) is 4.79. The molecule has 4 aromatic rings. The number of fused-ring (bicyclic) bond motifs is 1. The number of carbonyl (C=O) groups excluding carboxylic acids is 2. The summed E-state index contributed by atoms with van der Waals surface area (Å²) in [5.41, 5.74) is 2.75. The number of aromatic nitrogens is 1. The van der Waals surface area contributed by atoms with Crippen LogP contribution < -0.4 is 14.9 Å². The van der Waals surface area contributed by atoms with Crippen molar-refractivity contribution in [2.45, 2.75) is 38.8 Å². The van der Waals surface area contributed by atoms with Crippen LogP contribution in [0.1, 0.15) is 30.9 Å². The summed E-state index contributed by atoms with van der Waals surface area (Å²) in [5.74, 6) is 0.742. The number of carbonyl (C=O) groups is 2. The lowest BCUT2D eigenvalue weighted by Crippen LogP contribution is -2.43. The summed E-state index contributed by atoms with van der Waals surface area (Å²) in [5, 5.41) is 2.58. The Balaban J connectivity index is 1.35. The van der Waals surface area contributed by atoms with Crippen molar-refractivity contribution in [1.29, 1.82) is 0 Å². The van der Waals surface area contributed by atoms with Crippen molar-refractivity contribution in [3.63, 3.8) is 0 Å². The summed E-state index contributed by atoms with van der Waals surface area (Å²) in [6, 6.07) is 21.8. The van der Waals surface area contributed by atoms with Gasteiger partial charge < -0.3 is 19.5 Å². The molecule has 0 aliphatic heterocycles. The Morgan fingerprint density at radius 1 is 0.947 bits per heavy atom. The Labute approximate surface area is 224 Å². The van der Waals surface area contributed by atoms with E-state index in [1.165, 1.54) is 18.4 Å². The van der Waals surface area contributed by atoms with Crippen LogP contribution in [0.3, 0.4) is 0 Å². The second kappa shape index (κ2) is 12.9. The molecule has 9 heteroatoms. The van der Waals surface area contributed by atoms with Gasteiger partial charge in [-0.3, -0.25) is 9.36 Å². The molecule has 1 amide bonds. The Bertz CT molecular complexity index is 1430. The molecular formula is C29H30N2O6S. The lowest BCUT2D eigenvalue weighted by molar-refractivity contribution is -0.143. The molecule has 0 saturated carbocycles. The highest BCUT2D eigenvalue weighted by Crippen LogP contribution is 2.24. The van der Waals surface area contributed by atoms with E-state index < -0.39 is 18.1 Å². The summed E-state index contributed by atoms with van der Waals surface area (Å²) in [7, 11) is 1.28. The highest BCUT2D eigenvalue weighted by molar-refractivity contribution is 7.16. The van der Waals surface area contributed by atoms with Gasteiger partial charge in [0.1, 0.15) is 17.5 Å². The van der Waals surface area contributed by atoms with Crippen molar-refractivity contribution in [3.8, 4) is 11.5 Å². The normalized spacial score (nSPS) is 11.6. The zero-order chi connectivity index (χ0) is 26.9. The van der Waals surface area contributed by atoms with Crippen LogP contribution in [0, 0.1) is 0 Å². The number of nitrogens with zero attached hydrogens (tertiary/aromatic N) is 1. The SMILES string of the molecule is CCCCOC(=O)NC(Cc1ccc(Oc2ccc(Cn3c(=O)sc4ccccc43)cc2)cc1)C(=O)OC. The number of thiazole rings is 1. The fourth-order valence-electron chi connectivity index (χ4n) is 3.90. The third-order valence-corrected chi connectivity index (χ3v) is 6.91. The highest BCUT2D eigenvalue weighted by atomic mass is 32.1. The van der Waals surface area contributed by atoms with Crippen LogP contribution >= 0.6 is 11.3 Å². The Hall–Kier alpha value is -4.11. The van der Waals surface area contributed by atoms with Crippen molar-refractivity contribution < 1.29 is 23.8 Å². The van der Waals surface area contributed by atoms with Gasteiger partial charge in [0.2, 0.25) is 0 Å². The average Bonchev–Trinajstić information content (AvgIpc) is 3.24. The number of nitrogens with one attached hydrogen (secondary N) is 1. The van der Waals surface area contributed by atoms with Gasteiger partial charge in [-0.05, 0) is 53.9 Å². The van der Waals surface area contributed by atoms with Gasteiger partial charge >= 0.3 is 16.9 Å². The molecule has 0 bridgehead atoms. The van der Waals surface area contributed by atoms with Crippen LogP contribution in [-0.2, 0) is 27.2 Å². The van der Waals surface area contributed by atoms with Crippen molar-refractivity contribution in [3.05, 3.63) is 93.6 Å². The number of hydrogen-bond acceptors (Lipinski definition) is 7. The number of unbranched alkanes of at least 4 members (excludes halogenated alkanes) is 1. The Morgan fingerprint density at radius 2 is 1.61 bits per heavy atom. The molecule has 1 N–H and O–H groups in total. The maximum Gasteiger partial charge on any atom is 0.407 e. The molecule has 0 spiro atoms. The van der Waals surface area contributed by atoms with E-state index in [9.17, 15) is 14.4 Å². The molecular weight excluding hydrogens is 504 g/mol. The third kappa shape index (κ3) is 7.01. The van der Waals surface area contributed by atoms with E-state index in [0.717, 1.165) is 34.2 Å². The average molecular weight is 535 g/mol.